The highest BCUT2D eigenvalue weighted by Crippen LogP contribution is 2.35. The Labute approximate surface area is 162 Å². The smallest absolute Gasteiger partial charge is 0.156 e. The second kappa shape index (κ2) is 8.34. The van der Waals surface area contributed by atoms with Crippen molar-refractivity contribution in [2.75, 3.05) is 6.61 Å². The third-order valence-electron chi connectivity index (χ3n) is 3.20. The molecule has 0 unspecified atom stereocenters. The van der Waals surface area contributed by atoms with Crippen LogP contribution >= 0.6 is 39.0 Å². The van der Waals surface area contributed by atoms with Gasteiger partial charge in [-0.1, -0.05) is 40.7 Å². The minimum absolute atomic E-state index is 0.412. The average molecular weight is 429 g/mol. The zero-order valence-corrected chi connectivity index (χ0v) is 16.3. The van der Waals surface area contributed by atoms with E-state index >= 15 is 0 Å². The minimum atomic E-state index is 0.412. The summed E-state index contributed by atoms with van der Waals surface area (Å²) in [5.74, 6) is 0.709. The first-order chi connectivity index (χ1) is 12.2. The van der Waals surface area contributed by atoms with Crippen LogP contribution in [-0.4, -0.2) is 11.6 Å². The summed E-state index contributed by atoms with van der Waals surface area (Å²) in [4.78, 5) is 5.12. The number of fused-ring (bicyclic) bond motifs is 1. The summed E-state index contributed by atoms with van der Waals surface area (Å²) in [7, 11) is 0. The number of thiazole rings is 1. The Kier molecular flexibility index (Phi) is 5.92. The topological polar surface area (TPSA) is 45.9 Å². The molecule has 0 spiro atoms. The number of nitriles is 1. The molecule has 0 amide bonds. The molecule has 0 aliphatic heterocycles. The Morgan fingerprint density at radius 2 is 2.20 bits per heavy atom. The van der Waals surface area contributed by atoms with Gasteiger partial charge in [0, 0.05) is 10.0 Å². The lowest BCUT2D eigenvalue weighted by Gasteiger charge is -2.08. The molecule has 1 aromatic heterocycles. The molecular weight excluding hydrogens is 416 g/mol. The van der Waals surface area contributed by atoms with Gasteiger partial charge in [0.1, 0.15) is 18.4 Å². The van der Waals surface area contributed by atoms with E-state index < -0.39 is 0 Å². The van der Waals surface area contributed by atoms with Gasteiger partial charge in [-0.3, -0.25) is 0 Å². The first-order valence-corrected chi connectivity index (χ1v) is 9.80. The van der Waals surface area contributed by atoms with Crippen molar-refractivity contribution in [3.8, 4) is 11.8 Å². The van der Waals surface area contributed by atoms with E-state index in [0.717, 1.165) is 24.6 Å². The average Bonchev–Trinajstić information content (AvgIpc) is 3.02. The molecule has 0 radical (unpaired) electrons. The highest BCUT2D eigenvalue weighted by molar-refractivity contribution is 9.10. The summed E-state index contributed by atoms with van der Waals surface area (Å²) in [5, 5.41) is 9.53. The second-order valence-electron chi connectivity index (χ2n) is 4.95. The summed E-state index contributed by atoms with van der Waals surface area (Å²) < 4.78 is 8.55. The Balaban J connectivity index is 1.91. The lowest BCUT2D eigenvalue weighted by Crippen LogP contribution is -1.95. The molecule has 0 N–H and O–H groups in total. The number of allylic oxidation sites excluding steroid dienone is 1. The molecule has 0 saturated heterocycles. The number of aromatic nitrogens is 1. The standard InChI is InChI=1S/C19H13BrN2OS2/c1-2-9-23-17-8-7-14(20)10-13(17)11-15(12-21)24-19-22-16-5-3-4-6-18(16)25-19/h2-8,10-11H,1,9H2. The maximum atomic E-state index is 9.53. The van der Waals surface area contributed by atoms with Crippen LogP contribution in [0.2, 0.25) is 0 Å². The normalized spacial score (nSPS) is 11.3. The van der Waals surface area contributed by atoms with Crippen LogP contribution in [-0.2, 0) is 0 Å². The van der Waals surface area contributed by atoms with Gasteiger partial charge in [0.05, 0.1) is 15.1 Å². The fourth-order valence-electron chi connectivity index (χ4n) is 2.13. The molecular formula is C19H13BrN2OS2. The van der Waals surface area contributed by atoms with Crippen molar-refractivity contribution in [2.45, 2.75) is 4.34 Å². The third-order valence-corrected chi connectivity index (χ3v) is 5.72. The van der Waals surface area contributed by atoms with Gasteiger partial charge in [0.25, 0.3) is 0 Å². The number of rotatable bonds is 6. The zero-order valence-electron chi connectivity index (χ0n) is 13.1. The third kappa shape index (κ3) is 4.51. The van der Waals surface area contributed by atoms with E-state index in [4.69, 9.17) is 4.74 Å². The van der Waals surface area contributed by atoms with Crippen LogP contribution in [0.1, 0.15) is 5.56 Å². The van der Waals surface area contributed by atoms with Crippen molar-refractivity contribution in [3.05, 3.63) is 70.1 Å². The monoisotopic (exact) mass is 428 g/mol. The first-order valence-electron chi connectivity index (χ1n) is 7.38. The second-order valence-corrected chi connectivity index (χ2v) is 8.19. The van der Waals surface area contributed by atoms with E-state index in [-0.39, 0.29) is 0 Å². The quantitative estimate of drug-likeness (QED) is 0.263. The highest BCUT2D eigenvalue weighted by atomic mass is 79.9. The first kappa shape index (κ1) is 17.7. The molecule has 6 heteroatoms. The molecule has 0 aliphatic carbocycles. The van der Waals surface area contributed by atoms with Crippen LogP contribution < -0.4 is 4.74 Å². The predicted octanol–water partition coefficient (Wildman–Crippen LogP) is 6.28. The Hall–Kier alpha value is -2.07. The lowest BCUT2D eigenvalue weighted by atomic mass is 10.2. The summed E-state index contributed by atoms with van der Waals surface area (Å²) in [6, 6.07) is 15.9. The van der Waals surface area contributed by atoms with Gasteiger partial charge in [0.2, 0.25) is 0 Å². The number of hydrogen-bond acceptors (Lipinski definition) is 5. The number of hydrogen-bond donors (Lipinski definition) is 0. The van der Waals surface area contributed by atoms with Crippen molar-refractivity contribution in [1.82, 2.24) is 4.98 Å². The minimum Gasteiger partial charge on any atom is -0.489 e. The SMILES string of the molecule is C=CCOc1ccc(Br)cc1C=C(C#N)Sc1nc2ccccc2s1. The number of thioether (sulfide) groups is 1. The van der Waals surface area contributed by atoms with Gasteiger partial charge in [-0.25, -0.2) is 4.98 Å². The molecule has 25 heavy (non-hydrogen) atoms. The molecule has 3 nitrogen and oxygen atoms in total. The molecule has 0 atom stereocenters. The van der Waals surface area contributed by atoms with Crippen molar-refractivity contribution >= 4 is 55.3 Å². The molecule has 3 aromatic rings. The number of benzene rings is 2. The zero-order chi connectivity index (χ0) is 17.6. The summed E-state index contributed by atoms with van der Waals surface area (Å²) in [6.45, 7) is 4.08. The molecule has 0 fully saturated rings. The van der Waals surface area contributed by atoms with E-state index in [1.54, 1.807) is 17.4 Å². The van der Waals surface area contributed by atoms with Crippen LogP contribution in [0.3, 0.4) is 0 Å². The van der Waals surface area contributed by atoms with Gasteiger partial charge in [0.15, 0.2) is 4.34 Å². The molecule has 0 saturated carbocycles. The summed E-state index contributed by atoms with van der Waals surface area (Å²) in [6.07, 6.45) is 3.51. The maximum Gasteiger partial charge on any atom is 0.156 e. The van der Waals surface area contributed by atoms with Crippen LogP contribution in [0, 0.1) is 11.3 Å². The van der Waals surface area contributed by atoms with E-state index in [9.17, 15) is 5.26 Å². The maximum absolute atomic E-state index is 9.53. The van der Waals surface area contributed by atoms with Gasteiger partial charge >= 0.3 is 0 Å². The van der Waals surface area contributed by atoms with Crippen molar-refractivity contribution in [3.63, 3.8) is 0 Å². The van der Waals surface area contributed by atoms with E-state index in [1.807, 2.05) is 48.5 Å². The highest BCUT2D eigenvalue weighted by Gasteiger charge is 2.09. The lowest BCUT2D eigenvalue weighted by molar-refractivity contribution is 0.362. The molecule has 0 bridgehead atoms. The molecule has 0 aliphatic rings. The Morgan fingerprint density at radius 3 is 2.96 bits per heavy atom. The molecule has 124 valence electrons. The van der Waals surface area contributed by atoms with E-state index in [0.29, 0.717) is 17.3 Å². The fraction of sp³-hybridized carbons (Fsp3) is 0.0526. The molecule has 3 rings (SSSR count). The van der Waals surface area contributed by atoms with Gasteiger partial charge in [-0.15, -0.1) is 11.3 Å². The Bertz CT molecular complexity index is 955. The van der Waals surface area contributed by atoms with Crippen LogP contribution in [0.25, 0.3) is 16.3 Å². The fourth-order valence-corrected chi connectivity index (χ4v) is 4.47. The van der Waals surface area contributed by atoms with Crippen molar-refractivity contribution in [2.24, 2.45) is 0 Å². The Morgan fingerprint density at radius 1 is 1.36 bits per heavy atom. The predicted molar refractivity (Wildman–Crippen MR) is 109 cm³/mol. The largest absolute Gasteiger partial charge is 0.489 e. The van der Waals surface area contributed by atoms with Crippen LogP contribution in [0.15, 0.2) is 68.8 Å². The van der Waals surface area contributed by atoms with Crippen molar-refractivity contribution < 1.29 is 4.74 Å². The number of nitrogens with zero attached hydrogens (tertiary/aromatic N) is 2. The van der Waals surface area contributed by atoms with Crippen LogP contribution in [0.5, 0.6) is 5.75 Å². The number of halogens is 1. The van der Waals surface area contributed by atoms with E-state index in [1.165, 1.54) is 11.8 Å². The van der Waals surface area contributed by atoms with Gasteiger partial charge < -0.3 is 4.74 Å². The summed E-state index contributed by atoms with van der Waals surface area (Å²) >= 11 is 6.40. The van der Waals surface area contributed by atoms with E-state index in [2.05, 4.69) is 33.6 Å². The van der Waals surface area contributed by atoms with Crippen LogP contribution in [0.4, 0.5) is 0 Å². The van der Waals surface area contributed by atoms with Gasteiger partial charge in [-0.05, 0) is 48.2 Å². The molecule has 2 aromatic carbocycles. The summed E-state index contributed by atoms with van der Waals surface area (Å²) in [5.41, 5.74) is 1.78. The van der Waals surface area contributed by atoms with Gasteiger partial charge in [-0.2, -0.15) is 5.26 Å². The number of ether oxygens (including phenoxy) is 1. The van der Waals surface area contributed by atoms with Crippen molar-refractivity contribution in [1.29, 1.82) is 5.26 Å². The molecule has 1 heterocycles. The number of para-hydroxylation sites is 1.